The molecule has 5 aromatic rings. The summed E-state index contributed by atoms with van der Waals surface area (Å²) in [5, 5.41) is 0.286. The second kappa shape index (κ2) is 11.7. The van der Waals surface area contributed by atoms with Gasteiger partial charge in [0.15, 0.2) is 0 Å². The summed E-state index contributed by atoms with van der Waals surface area (Å²) < 4.78 is 45.4. The van der Waals surface area contributed by atoms with Gasteiger partial charge in [0, 0.05) is 10.9 Å². The number of fused-ring (bicyclic) bond motifs is 1. The number of esters is 1. The maximum absolute atomic E-state index is 14.0. The van der Waals surface area contributed by atoms with Crippen molar-refractivity contribution in [2.75, 3.05) is 10.9 Å². The Kier molecular flexibility index (Phi) is 7.89. The molecule has 0 fully saturated rings. The number of hydrogen-bond acceptors (Lipinski definition) is 7. The number of hydrogen-bond donors (Lipinski definition) is 0. The van der Waals surface area contributed by atoms with Gasteiger partial charge in [-0.15, -0.1) is 0 Å². The van der Waals surface area contributed by atoms with Crippen molar-refractivity contribution in [3.05, 3.63) is 114 Å². The second-order valence-electron chi connectivity index (χ2n) is 9.02. The Labute approximate surface area is 237 Å². The van der Waals surface area contributed by atoms with E-state index in [1.165, 1.54) is 30.3 Å². The molecule has 1 heterocycles. The molecule has 0 N–H and O–H groups in total. The van der Waals surface area contributed by atoms with E-state index in [0.717, 1.165) is 12.0 Å². The van der Waals surface area contributed by atoms with E-state index in [1.54, 1.807) is 73.7 Å². The molecule has 1 aromatic heterocycles. The first-order chi connectivity index (χ1) is 19.8. The number of para-hydroxylation sites is 1. The normalized spacial score (nSPS) is 11.3. The molecule has 0 saturated carbocycles. The molecule has 5 rings (SSSR count). The van der Waals surface area contributed by atoms with Crippen molar-refractivity contribution in [2.45, 2.75) is 25.2 Å². The average Bonchev–Trinajstić information content (AvgIpc) is 3.37. The molecule has 8 nitrogen and oxygen atoms in total. The zero-order valence-electron chi connectivity index (χ0n) is 22.4. The standard InChI is InChI=1S/C32H27NO7S/c1-3-22-15-18-26(19-16-22)41(36,37)33(32(35)39-25-13-9-6-10-14-25)24-17-20-28-27(21-24)29(31(34)38-4-2)30(40-28)23-11-7-5-8-12-23/h5-21H,3-4H2,1-2H3. The Bertz CT molecular complexity index is 1800. The van der Waals surface area contributed by atoms with Crippen LogP contribution in [0.25, 0.3) is 22.3 Å². The fraction of sp³-hybridized carbons (Fsp3) is 0.125. The lowest BCUT2D eigenvalue weighted by Gasteiger charge is -2.22. The Morgan fingerprint density at radius 3 is 2.12 bits per heavy atom. The summed E-state index contributed by atoms with van der Waals surface area (Å²) in [6.45, 7) is 3.76. The number of rotatable bonds is 8. The van der Waals surface area contributed by atoms with E-state index in [0.29, 0.717) is 15.5 Å². The van der Waals surface area contributed by atoms with Crippen molar-refractivity contribution in [2.24, 2.45) is 0 Å². The highest BCUT2D eigenvalue weighted by Crippen LogP contribution is 2.37. The minimum atomic E-state index is -4.44. The quantitative estimate of drug-likeness (QED) is 0.182. The molecule has 0 atom stereocenters. The second-order valence-corrected chi connectivity index (χ2v) is 10.8. The van der Waals surface area contributed by atoms with E-state index >= 15 is 0 Å². The number of amides is 1. The molecule has 0 radical (unpaired) electrons. The van der Waals surface area contributed by atoms with Crippen LogP contribution in [-0.2, 0) is 21.2 Å². The lowest BCUT2D eigenvalue weighted by molar-refractivity contribution is 0.0528. The summed E-state index contributed by atoms with van der Waals surface area (Å²) in [4.78, 5) is 26.6. The van der Waals surface area contributed by atoms with Crippen LogP contribution in [0.2, 0.25) is 0 Å². The minimum absolute atomic E-state index is 0.0380. The van der Waals surface area contributed by atoms with Crippen molar-refractivity contribution in [1.82, 2.24) is 0 Å². The van der Waals surface area contributed by atoms with Crippen LogP contribution in [0.4, 0.5) is 10.5 Å². The summed E-state index contributed by atoms with van der Waals surface area (Å²) in [7, 11) is -4.44. The SMILES string of the molecule is CCOC(=O)c1c(-c2ccccc2)oc2ccc(N(C(=O)Oc3ccccc3)S(=O)(=O)c3ccc(CC)cc3)cc12. The lowest BCUT2D eigenvalue weighted by Crippen LogP contribution is -2.39. The molecular formula is C32H27NO7S. The Morgan fingerprint density at radius 2 is 1.49 bits per heavy atom. The molecule has 0 unspecified atom stereocenters. The van der Waals surface area contributed by atoms with Crippen molar-refractivity contribution in [3.63, 3.8) is 0 Å². The lowest BCUT2D eigenvalue weighted by atomic mass is 10.1. The topological polar surface area (TPSA) is 103 Å². The molecule has 0 saturated heterocycles. The summed E-state index contributed by atoms with van der Waals surface area (Å²) in [6.07, 6.45) is -0.419. The van der Waals surface area contributed by atoms with E-state index in [2.05, 4.69) is 0 Å². The van der Waals surface area contributed by atoms with Crippen LogP contribution in [0.15, 0.2) is 112 Å². The molecule has 4 aromatic carbocycles. The van der Waals surface area contributed by atoms with Crippen LogP contribution < -0.4 is 9.04 Å². The largest absolute Gasteiger partial charge is 0.462 e. The first-order valence-corrected chi connectivity index (χ1v) is 14.5. The van der Waals surface area contributed by atoms with Gasteiger partial charge in [-0.2, -0.15) is 4.31 Å². The molecule has 0 spiro atoms. The van der Waals surface area contributed by atoms with Crippen molar-refractivity contribution < 1.29 is 31.9 Å². The Morgan fingerprint density at radius 1 is 0.829 bits per heavy atom. The molecule has 41 heavy (non-hydrogen) atoms. The van der Waals surface area contributed by atoms with E-state index < -0.39 is 22.1 Å². The number of ether oxygens (including phenoxy) is 2. The molecule has 0 aliphatic rings. The summed E-state index contributed by atoms with van der Waals surface area (Å²) in [6, 6.07) is 27.8. The predicted octanol–water partition coefficient (Wildman–Crippen LogP) is 7.23. The number of sulfonamides is 1. The molecule has 1 amide bonds. The molecule has 9 heteroatoms. The van der Waals surface area contributed by atoms with Gasteiger partial charge in [-0.25, -0.2) is 18.0 Å². The van der Waals surface area contributed by atoms with Gasteiger partial charge in [-0.05, 0) is 61.4 Å². The zero-order valence-corrected chi connectivity index (χ0v) is 23.3. The zero-order chi connectivity index (χ0) is 29.0. The summed E-state index contributed by atoms with van der Waals surface area (Å²) >= 11 is 0. The van der Waals surface area contributed by atoms with Crippen LogP contribution in [0.1, 0.15) is 29.8 Å². The number of aryl methyl sites for hydroxylation is 1. The predicted molar refractivity (Wildman–Crippen MR) is 156 cm³/mol. The van der Waals surface area contributed by atoms with E-state index in [1.807, 2.05) is 13.0 Å². The van der Waals surface area contributed by atoms with Crippen LogP contribution in [0.5, 0.6) is 5.75 Å². The summed E-state index contributed by atoms with van der Waals surface area (Å²) in [5.41, 5.74) is 1.98. The van der Waals surface area contributed by atoms with Gasteiger partial charge in [0.1, 0.15) is 22.7 Å². The Hall–Kier alpha value is -4.89. The molecule has 0 bridgehead atoms. The molecule has 0 aliphatic heterocycles. The fourth-order valence-corrected chi connectivity index (χ4v) is 5.70. The highest BCUT2D eigenvalue weighted by atomic mass is 32.2. The fourth-order valence-electron chi connectivity index (χ4n) is 4.39. The van der Waals surface area contributed by atoms with Gasteiger partial charge in [-0.1, -0.05) is 67.6 Å². The van der Waals surface area contributed by atoms with Gasteiger partial charge in [0.25, 0.3) is 10.0 Å². The molecular weight excluding hydrogens is 542 g/mol. The highest BCUT2D eigenvalue weighted by molar-refractivity contribution is 7.93. The molecule has 0 aliphatic carbocycles. The first kappa shape index (κ1) is 27.7. The first-order valence-electron chi connectivity index (χ1n) is 13.0. The van der Waals surface area contributed by atoms with E-state index in [-0.39, 0.29) is 39.6 Å². The van der Waals surface area contributed by atoms with Crippen LogP contribution >= 0.6 is 0 Å². The monoisotopic (exact) mass is 569 g/mol. The van der Waals surface area contributed by atoms with Crippen LogP contribution in [0.3, 0.4) is 0 Å². The molecule has 208 valence electrons. The van der Waals surface area contributed by atoms with E-state index in [9.17, 15) is 18.0 Å². The number of carbonyl (C=O) groups is 2. The summed E-state index contributed by atoms with van der Waals surface area (Å²) in [5.74, 6) is -0.201. The number of furan rings is 1. The van der Waals surface area contributed by atoms with Gasteiger partial charge < -0.3 is 13.9 Å². The number of anilines is 1. The van der Waals surface area contributed by atoms with Gasteiger partial charge in [0.05, 0.1) is 17.2 Å². The minimum Gasteiger partial charge on any atom is -0.462 e. The number of nitrogens with zero attached hydrogens (tertiary/aromatic N) is 1. The number of carbonyl (C=O) groups excluding carboxylic acids is 2. The van der Waals surface area contributed by atoms with Gasteiger partial charge in [0.2, 0.25) is 0 Å². The van der Waals surface area contributed by atoms with Crippen molar-refractivity contribution in [3.8, 4) is 17.1 Å². The third kappa shape index (κ3) is 5.57. The van der Waals surface area contributed by atoms with E-state index in [4.69, 9.17) is 13.9 Å². The Balaban J connectivity index is 1.69. The average molecular weight is 570 g/mol. The third-order valence-electron chi connectivity index (χ3n) is 6.41. The smallest absolute Gasteiger partial charge is 0.434 e. The highest BCUT2D eigenvalue weighted by Gasteiger charge is 2.34. The third-order valence-corrected chi connectivity index (χ3v) is 8.11. The maximum atomic E-state index is 14.0. The van der Waals surface area contributed by atoms with Gasteiger partial charge in [-0.3, -0.25) is 0 Å². The van der Waals surface area contributed by atoms with Crippen molar-refractivity contribution in [1.29, 1.82) is 0 Å². The van der Waals surface area contributed by atoms with Crippen LogP contribution in [-0.4, -0.2) is 27.1 Å². The van der Waals surface area contributed by atoms with Crippen LogP contribution in [0, 0.1) is 0 Å². The van der Waals surface area contributed by atoms with Gasteiger partial charge >= 0.3 is 12.1 Å². The van der Waals surface area contributed by atoms with Crippen molar-refractivity contribution >= 4 is 38.7 Å². The number of benzene rings is 4. The maximum Gasteiger partial charge on any atom is 0.434 e.